The predicted molar refractivity (Wildman–Crippen MR) is 70.1 cm³/mol. The first-order chi connectivity index (χ1) is 8.24. The van der Waals surface area contributed by atoms with Gasteiger partial charge in [0.25, 0.3) is 0 Å². The summed E-state index contributed by atoms with van der Waals surface area (Å²) in [6, 6.07) is 5.29. The van der Waals surface area contributed by atoms with Crippen LogP contribution in [0.3, 0.4) is 0 Å². The fraction of sp³-hybridized carbons (Fsp3) is 0.615. The lowest BCUT2D eigenvalue weighted by Crippen LogP contribution is -2.36. The van der Waals surface area contributed by atoms with E-state index in [-0.39, 0.29) is 0 Å². The molecule has 0 radical (unpaired) electrons. The van der Waals surface area contributed by atoms with E-state index in [2.05, 4.69) is 21.8 Å². The lowest BCUT2D eigenvalue weighted by molar-refractivity contribution is 0.254. The number of nitrogens with two attached hydrogens (primary N) is 1. The van der Waals surface area contributed by atoms with Crippen LogP contribution in [-0.4, -0.2) is 42.1 Å². The van der Waals surface area contributed by atoms with E-state index in [1.165, 1.54) is 19.3 Å². The summed E-state index contributed by atoms with van der Waals surface area (Å²) in [7, 11) is 2.26. The number of nitrogens with zero attached hydrogens (tertiary/aromatic N) is 3. The first-order valence-corrected chi connectivity index (χ1v) is 6.42. The molecule has 2 unspecified atom stereocenters. The SMILES string of the molecule is CN1C2CCC1CN(c1cc(N)ccn1)CC2. The highest BCUT2D eigenvalue weighted by atomic mass is 15.3. The second-order valence-electron chi connectivity index (χ2n) is 5.23. The second-order valence-corrected chi connectivity index (χ2v) is 5.23. The summed E-state index contributed by atoms with van der Waals surface area (Å²) in [5, 5.41) is 0. The van der Waals surface area contributed by atoms with Crippen LogP contribution in [0.4, 0.5) is 11.5 Å². The molecule has 0 spiro atoms. The van der Waals surface area contributed by atoms with E-state index in [0.29, 0.717) is 6.04 Å². The standard InChI is InChI=1S/C13H20N4/c1-16-11-2-3-12(16)9-17(7-5-11)13-8-10(14)4-6-15-13/h4,6,8,11-12H,2-3,5,7,9H2,1H3,(H2,14,15). The summed E-state index contributed by atoms with van der Waals surface area (Å²) < 4.78 is 0. The minimum absolute atomic E-state index is 0.686. The van der Waals surface area contributed by atoms with Crippen molar-refractivity contribution in [2.75, 3.05) is 30.8 Å². The van der Waals surface area contributed by atoms with Gasteiger partial charge in [0.2, 0.25) is 0 Å². The molecular weight excluding hydrogens is 212 g/mol. The number of hydrogen-bond acceptors (Lipinski definition) is 4. The molecule has 92 valence electrons. The fourth-order valence-corrected chi connectivity index (χ4v) is 3.12. The lowest BCUT2D eigenvalue weighted by Gasteiger charge is -2.26. The number of likely N-dealkylation sites (N-methyl/N-ethyl adjacent to an activating group) is 1. The van der Waals surface area contributed by atoms with E-state index in [0.717, 1.165) is 30.6 Å². The molecule has 2 atom stereocenters. The van der Waals surface area contributed by atoms with Gasteiger partial charge < -0.3 is 10.6 Å². The molecule has 2 fully saturated rings. The highest BCUT2D eigenvalue weighted by Crippen LogP contribution is 2.30. The number of hydrogen-bond donors (Lipinski definition) is 1. The average Bonchev–Trinajstić information content (AvgIpc) is 2.53. The molecule has 17 heavy (non-hydrogen) atoms. The molecule has 2 saturated heterocycles. The van der Waals surface area contributed by atoms with Gasteiger partial charge in [0.1, 0.15) is 5.82 Å². The van der Waals surface area contributed by atoms with Crippen molar-refractivity contribution in [2.24, 2.45) is 0 Å². The van der Waals surface area contributed by atoms with Gasteiger partial charge in [-0.25, -0.2) is 4.98 Å². The van der Waals surface area contributed by atoms with Crippen LogP contribution in [-0.2, 0) is 0 Å². The minimum atomic E-state index is 0.686. The second kappa shape index (κ2) is 4.18. The van der Waals surface area contributed by atoms with Gasteiger partial charge in [-0.15, -0.1) is 0 Å². The highest BCUT2D eigenvalue weighted by Gasteiger charge is 2.34. The molecule has 0 aromatic carbocycles. The van der Waals surface area contributed by atoms with E-state index in [1.54, 1.807) is 6.20 Å². The highest BCUT2D eigenvalue weighted by molar-refractivity contribution is 5.50. The minimum Gasteiger partial charge on any atom is -0.399 e. The zero-order valence-electron chi connectivity index (χ0n) is 10.3. The smallest absolute Gasteiger partial charge is 0.130 e. The Morgan fingerprint density at radius 1 is 1.29 bits per heavy atom. The topological polar surface area (TPSA) is 45.4 Å². The summed E-state index contributed by atoms with van der Waals surface area (Å²) in [4.78, 5) is 9.37. The largest absolute Gasteiger partial charge is 0.399 e. The Balaban J connectivity index is 1.81. The van der Waals surface area contributed by atoms with Gasteiger partial charge in [-0.1, -0.05) is 0 Å². The molecule has 2 aliphatic rings. The molecule has 4 nitrogen and oxygen atoms in total. The van der Waals surface area contributed by atoms with Crippen LogP contribution in [0.5, 0.6) is 0 Å². The lowest BCUT2D eigenvalue weighted by atomic mass is 10.1. The van der Waals surface area contributed by atoms with Crippen molar-refractivity contribution in [3.63, 3.8) is 0 Å². The van der Waals surface area contributed by atoms with Crippen molar-refractivity contribution in [1.29, 1.82) is 0 Å². The molecule has 2 N–H and O–H groups in total. The van der Waals surface area contributed by atoms with Crippen molar-refractivity contribution in [3.8, 4) is 0 Å². The number of nitrogen functional groups attached to an aromatic ring is 1. The zero-order chi connectivity index (χ0) is 11.8. The number of fused-ring (bicyclic) bond motifs is 2. The maximum absolute atomic E-state index is 5.83. The molecule has 0 aliphatic carbocycles. The third kappa shape index (κ3) is 1.97. The van der Waals surface area contributed by atoms with Gasteiger partial charge in [-0.3, -0.25) is 4.90 Å². The van der Waals surface area contributed by atoms with Gasteiger partial charge in [-0.05, 0) is 32.4 Å². The average molecular weight is 232 g/mol. The Morgan fingerprint density at radius 3 is 2.94 bits per heavy atom. The quantitative estimate of drug-likeness (QED) is 0.793. The van der Waals surface area contributed by atoms with Crippen LogP contribution in [0.1, 0.15) is 19.3 Å². The third-order valence-electron chi connectivity index (χ3n) is 4.24. The van der Waals surface area contributed by atoms with Crippen molar-refractivity contribution in [2.45, 2.75) is 31.3 Å². The molecule has 1 aromatic rings. The molecule has 3 rings (SSSR count). The Bertz CT molecular complexity index is 406. The monoisotopic (exact) mass is 232 g/mol. The van der Waals surface area contributed by atoms with Gasteiger partial charge in [0.05, 0.1) is 0 Å². The molecule has 3 heterocycles. The van der Waals surface area contributed by atoms with Gasteiger partial charge >= 0.3 is 0 Å². The van der Waals surface area contributed by atoms with E-state index in [9.17, 15) is 0 Å². The summed E-state index contributed by atoms with van der Waals surface area (Å²) in [6.45, 7) is 2.19. The maximum Gasteiger partial charge on any atom is 0.130 e. The maximum atomic E-state index is 5.83. The van der Waals surface area contributed by atoms with Gasteiger partial charge in [-0.2, -0.15) is 0 Å². The number of aromatic nitrogens is 1. The first kappa shape index (κ1) is 10.8. The number of anilines is 2. The molecule has 2 bridgehead atoms. The number of pyridine rings is 1. The van der Waals surface area contributed by atoms with Crippen LogP contribution in [0.25, 0.3) is 0 Å². The fourth-order valence-electron chi connectivity index (χ4n) is 3.12. The van der Waals surface area contributed by atoms with Crippen molar-refractivity contribution in [1.82, 2.24) is 9.88 Å². The Kier molecular flexibility index (Phi) is 2.67. The van der Waals surface area contributed by atoms with Crippen LogP contribution >= 0.6 is 0 Å². The molecule has 1 aromatic heterocycles. The Morgan fingerprint density at radius 2 is 2.12 bits per heavy atom. The summed E-state index contributed by atoms with van der Waals surface area (Å²) in [6.07, 6.45) is 5.72. The van der Waals surface area contributed by atoms with E-state index >= 15 is 0 Å². The molecule has 4 heteroatoms. The van der Waals surface area contributed by atoms with Crippen molar-refractivity contribution < 1.29 is 0 Å². The third-order valence-corrected chi connectivity index (χ3v) is 4.24. The molecule has 0 amide bonds. The summed E-state index contributed by atoms with van der Waals surface area (Å²) in [5.74, 6) is 1.03. The van der Waals surface area contributed by atoms with Crippen LogP contribution < -0.4 is 10.6 Å². The van der Waals surface area contributed by atoms with Gasteiger partial charge in [0.15, 0.2) is 0 Å². The first-order valence-electron chi connectivity index (χ1n) is 6.42. The number of rotatable bonds is 1. The van der Waals surface area contributed by atoms with E-state index in [1.807, 2.05) is 12.1 Å². The summed E-state index contributed by atoms with van der Waals surface area (Å²) >= 11 is 0. The van der Waals surface area contributed by atoms with Crippen LogP contribution in [0.15, 0.2) is 18.3 Å². The van der Waals surface area contributed by atoms with Crippen LogP contribution in [0, 0.1) is 0 Å². The molecule has 2 aliphatic heterocycles. The molecule has 0 saturated carbocycles. The predicted octanol–water partition coefficient (Wildman–Crippen LogP) is 1.34. The zero-order valence-corrected chi connectivity index (χ0v) is 10.3. The molecular formula is C13H20N4. The van der Waals surface area contributed by atoms with E-state index < -0.39 is 0 Å². The van der Waals surface area contributed by atoms with Crippen molar-refractivity contribution >= 4 is 11.5 Å². The Hall–Kier alpha value is -1.29. The van der Waals surface area contributed by atoms with Gasteiger partial charge in [0, 0.05) is 43.1 Å². The van der Waals surface area contributed by atoms with E-state index in [4.69, 9.17) is 5.73 Å². The van der Waals surface area contributed by atoms with Crippen molar-refractivity contribution in [3.05, 3.63) is 18.3 Å². The summed E-state index contributed by atoms with van der Waals surface area (Å²) in [5.41, 5.74) is 6.63. The Labute approximate surface area is 102 Å². The van der Waals surface area contributed by atoms with Crippen LogP contribution in [0.2, 0.25) is 0 Å². The normalized spacial score (nSPS) is 29.4.